The molecule has 0 amide bonds. The zero-order chi connectivity index (χ0) is 14.6. The van der Waals surface area contributed by atoms with Crippen LogP contribution in [0.1, 0.15) is 25.7 Å². The van der Waals surface area contributed by atoms with Crippen molar-refractivity contribution in [2.75, 3.05) is 13.1 Å². The highest BCUT2D eigenvalue weighted by Gasteiger charge is 2.09. The maximum atomic E-state index is 10.0. The van der Waals surface area contributed by atoms with E-state index in [1.54, 1.807) is 0 Å². The lowest BCUT2D eigenvalue weighted by atomic mass is 10.2. The Morgan fingerprint density at radius 2 is 1.11 bits per heavy atom. The molecule has 0 radical (unpaired) electrons. The average Bonchev–Trinajstić information content (AvgIpc) is 2.33. The summed E-state index contributed by atoms with van der Waals surface area (Å²) in [6.07, 6.45) is 2.28. The van der Waals surface area contributed by atoms with Crippen molar-refractivity contribution in [3.05, 3.63) is 0 Å². The van der Waals surface area contributed by atoms with Crippen molar-refractivity contribution < 1.29 is 19.8 Å². The van der Waals surface area contributed by atoms with E-state index >= 15 is 0 Å². The smallest absolute Gasteiger partial charge is 0.320 e. The summed E-state index contributed by atoms with van der Waals surface area (Å²) in [5, 5.41) is 16.5. The van der Waals surface area contributed by atoms with Crippen LogP contribution in [0.4, 0.5) is 0 Å². The van der Waals surface area contributed by atoms with Gasteiger partial charge >= 0.3 is 11.9 Å². The normalized spacial score (nSPS) is 13.1. The lowest BCUT2D eigenvalue weighted by Crippen LogP contribution is -2.30. The molecule has 0 heterocycles. The average molecular weight is 264 g/mol. The molecule has 0 spiro atoms. The monoisotopic (exact) mass is 264 g/mol. The van der Waals surface area contributed by atoms with Crippen LogP contribution >= 0.6 is 0 Å². The van der Waals surface area contributed by atoms with Crippen LogP contribution in [-0.2, 0) is 9.59 Å². The molecule has 108 valence electrons. The Labute approximate surface area is 106 Å². The minimum Gasteiger partial charge on any atom is -0.480 e. The number of hydrogen-bond acceptors (Lipinski definition) is 6. The van der Waals surface area contributed by atoms with E-state index in [1.807, 2.05) is 0 Å². The van der Waals surface area contributed by atoms with E-state index in [1.165, 1.54) is 0 Å². The summed E-state index contributed by atoms with van der Waals surface area (Å²) in [5.41, 5.74) is 20.6. The molecule has 0 unspecified atom stereocenters. The minimum atomic E-state index is -0.955. The van der Waals surface area contributed by atoms with E-state index in [4.69, 9.17) is 33.1 Å². The fraction of sp³-hybridized carbons (Fsp3) is 0.800. The fourth-order valence-corrected chi connectivity index (χ4v) is 0.922. The van der Waals surface area contributed by atoms with Crippen molar-refractivity contribution in [2.45, 2.75) is 37.8 Å². The zero-order valence-corrected chi connectivity index (χ0v) is 10.4. The van der Waals surface area contributed by atoms with Crippen LogP contribution in [0.25, 0.3) is 0 Å². The third kappa shape index (κ3) is 12.8. The maximum Gasteiger partial charge on any atom is 0.320 e. The number of aliphatic carboxylic acids is 2. The van der Waals surface area contributed by atoms with Crippen LogP contribution in [-0.4, -0.2) is 47.3 Å². The molecule has 0 bridgehead atoms. The number of carboxylic acid groups (broad SMARTS) is 2. The zero-order valence-electron chi connectivity index (χ0n) is 10.4. The number of rotatable bonds is 8. The number of nitrogens with two attached hydrogens (primary N) is 4. The van der Waals surface area contributed by atoms with E-state index in [9.17, 15) is 9.59 Å². The van der Waals surface area contributed by atoms with Crippen LogP contribution in [0, 0.1) is 0 Å². The molecule has 0 aromatic rings. The summed E-state index contributed by atoms with van der Waals surface area (Å²) in [4.78, 5) is 20.1. The van der Waals surface area contributed by atoms with Crippen molar-refractivity contribution in [2.24, 2.45) is 22.9 Å². The third-order valence-corrected chi connectivity index (χ3v) is 2.07. The van der Waals surface area contributed by atoms with Gasteiger partial charge in [0.15, 0.2) is 0 Å². The number of carbonyl (C=O) groups is 2. The van der Waals surface area contributed by atoms with Crippen molar-refractivity contribution in [3.63, 3.8) is 0 Å². The molecule has 8 nitrogen and oxygen atoms in total. The predicted octanol–water partition coefficient (Wildman–Crippen LogP) is -1.73. The second-order valence-corrected chi connectivity index (χ2v) is 3.75. The van der Waals surface area contributed by atoms with Crippen molar-refractivity contribution in [3.8, 4) is 0 Å². The van der Waals surface area contributed by atoms with E-state index in [2.05, 4.69) is 0 Å². The highest BCUT2D eigenvalue weighted by molar-refractivity contribution is 5.73. The molecule has 0 aliphatic carbocycles. The van der Waals surface area contributed by atoms with Gasteiger partial charge in [-0.15, -0.1) is 0 Å². The first-order chi connectivity index (χ1) is 8.36. The van der Waals surface area contributed by atoms with Crippen molar-refractivity contribution in [1.29, 1.82) is 0 Å². The van der Waals surface area contributed by atoms with E-state index in [-0.39, 0.29) is 0 Å². The lowest BCUT2D eigenvalue weighted by Gasteiger charge is -2.02. The van der Waals surface area contributed by atoms with Crippen LogP contribution in [0.3, 0.4) is 0 Å². The second kappa shape index (κ2) is 12.2. The first kappa shape index (κ1) is 19.1. The molecule has 0 rings (SSSR count). The Kier molecular flexibility index (Phi) is 13.0. The minimum absolute atomic E-state index is 0.464. The van der Waals surface area contributed by atoms with Gasteiger partial charge in [0.05, 0.1) is 0 Å². The maximum absolute atomic E-state index is 10.0. The van der Waals surface area contributed by atoms with E-state index in [0.717, 1.165) is 0 Å². The Morgan fingerprint density at radius 1 is 0.833 bits per heavy atom. The summed E-state index contributed by atoms with van der Waals surface area (Å²) < 4.78 is 0. The standard InChI is InChI=1S/2C5H12N2O2/c2*6-3-1-2-4(7)5(8)9/h2*4H,1-3,6-7H2,(H,8,9)/t2*4-/m00/s1. The van der Waals surface area contributed by atoms with Gasteiger partial charge in [-0.3, -0.25) is 9.59 Å². The summed E-state index contributed by atoms with van der Waals surface area (Å²) in [6, 6.07) is -1.48. The quantitative estimate of drug-likeness (QED) is 0.299. The highest BCUT2D eigenvalue weighted by Crippen LogP contribution is 1.91. The van der Waals surface area contributed by atoms with Gasteiger partial charge in [-0.2, -0.15) is 0 Å². The molecule has 0 aromatic heterocycles. The molecule has 0 aliphatic heterocycles. The molecule has 0 saturated carbocycles. The van der Waals surface area contributed by atoms with Gasteiger partial charge in [0, 0.05) is 0 Å². The fourth-order valence-electron chi connectivity index (χ4n) is 0.922. The first-order valence-corrected chi connectivity index (χ1v) is 5.73. The lowest BCUT2D eigenvalue weighted by molar-refractivity contribution is -0.139. The van der Waals surface area contributed by atoms with E-state index < -0.39 is 24.0 Å². The highest BCUT2D eigenvalue weighted by atomic mass is 16.4. The topological polar surface area (TPSA) is 179 Å². The molecular weight excluding hydrogens is 240 g/mol. The Balaban J connectivity index is 0. The summed E-state index contributed by atoms with van der Waals surface area (Å²) in [7, 11) is 0. The molecule has 0 aromatic carbocycles. The van der Waals surface area contributed by atoms with Gasteiger partial charge in [-0.05, 0) is 38.8 Å². The van der Waals surface area contributed by atoms with Gasteiger partial charge < -0.3 is 33.1 Å². The molecule has 18 heavy (non-hydrogen) atoms. The summed E-state index contributed by atoms with van der Waals surface area (Å²) in [6.45, 7) is 1.00. The molecular formula is C10H24N4O4. The van der Waals surface area contributed by atoms with Crippen LogP contribution in [0.5, 0.6) is 0 Å². The predicted molar refractivity (Wildman–Crippen MR) is 67.8 cm³/mol. The molecule has 8 heteroatoms. The largest absolute Gasteiger partial charge is 0.480 e. The van der Waals surface area contributed by atoms with Gasteiger partial charge in [0.25, 0.3) is 0 Å². The SMILES string of the molecule is NCCC[C@H](N)C(=O)O.NCCC[C@H](N)C(=O)O. The molecule has 2 atom stereocenters. The Hall–Kier alpha value is -1.22. The number of carboxylic acids is 2. The Morgan fingerprint density at radius 3 is 1.28 bits per heavy atom. The third-order valence-electron chi connectivity index (χ3n) is 2.07. The molecule has 0 fully saturated rings. The molecule has 10 N–H and O–H groups in total. The Bertz CT molecular complexity index is 214. The van der Waals surface area contributed by atoms with E-state index in [0.29, 0.717) is 38.8 Å². The van der Waals surface area contributed by atoms with Crippen LogP contribution in [0.2, 0.25) is 0 Å². The van der Waals surface area contributed by atoms with Gasteiger partial charge in [-0.25, -0.2) is 0 Å². The number of hydrogen-bond donors (Lipinski definition) is 6. The van der Waals surface area contributed by atoms with Crippen LogP contribution in [0.15, 0.2) is 0 Å². The summed E-state index contributed by atoms with van der Waals surface area (Å²) >= 11 is 0. The van der Waals surface area contributed by atoms with Crippen molar-refractivity contribution in [1.82, 2.24) is 0 Å². The van der Waals surface area contributed by atoms with Gasteiger partial charge in [0.2, 0.25) is 0 Å². The summed E-state index contributed by atoms with van der Waals surface area (Å²) in [5.74, 6) is -1.91. The molecule has 0 saturated heterocycles. The van der Waals surface area contributed by atoms with Gasteiger partial charge in [-0.1, -0.05) is 0 Å². The first-order valence-electron chi connectivity index (χ1n) is 5.73. The van der Waals surface area contributed by atoms with Crippen molar-refractivity contribution >= 4 is 11.9 Å². The second-order valence-electron chi connectivity index (χ2n) is 3.75. The van der Waals surface area contributed by atoms with Gasteiger partial charge in [0.1, 0.15) is 12.1 Å². The van der Waals surface area contributed by atoms with Crippen LogP contribution < -0.4 is 22.9 Å². The molecule has 0 aliphatic rings.